The fraction of sp³-hybridized carbons (Fsp3) is 0.667. The van der Waals surface area contributed by atoms with Gasteiger partial charge in [-0.25, -0.2) is 8.42 Å². The standard InChI is InChI=1S/C15H22N2O3S2/c1-12-5-2-8-16(11-12)15(18)13-6-3-9-17(13)22(19,20)14-7-4-10-21-14/h4,7,10,12-13H,2-3,5-6,8-9,11H2,1H3/t12-,13-/m0/s1. The highest BCUT2D eigenvalue weighted by atomic mass is 32.2. The highest BCUT2D eigenvalue weighted by molar-refractivity contribution is 7.91. The topological polar surface area (TPSA) is 57.7 Å². The molecule has 5 nitrogen and oxygen atoms in total. The van der Waals surface area contributed by atoms with Gasteiger partial charge in [0, 0.05) is 19.6 Å². The Morgan fingerprint density at radius 2 is 2.05 bits per heavy atom. The van der Waals surface area contributed by atoms with Gasteiger partial charge in [-0.15, -0.1) is 11.3 Å². The van der Waals surface area contributed by atoms with Crippen LogP contribution < -0.4 is 0 Å². The van der Waals surface area contributed by atoms with Crippen LogP contribution in [0.5, 0.6) is 0 Å². The van der Waals surface area contributed by atoms with E-state index in [4.69, 9.17) is 0 Å². The second kappa shape index (κ2) is 6.29. The zero-order chi connectivity index (χ0) is 15.7. The summed E-state index contributed by atoms with van der Waals surface area (Å²) in [5, 5.41) is 1.76. The minimum absolute atomic E-state index is 0.0100. The first-order valence-electron chi connectivity index (χ1n) is 7.84. The first-order valence-corrected chi connectivity index (χ1v) is 10.2. The summed E-state index contributed by atoms with van der Waals surface area (Å²) in [4.78, 5) is 14.7. The Labute approximate surface area is 136 Å². The van der Waals surface area contributed by atoms with E-state index in [9.17, 15) is 13.2 Å². The molecule has 0 N–H and O–H groups in total. The number of amides is 1. The average molecular weight is 342 g/mol. The van der Waals surface area contributed by atoms with Crippen LogP contribution in [0, 0.1) is 5.92 Å². The van der Waals surface area contributed by atoms with Crippen molar-refractivity contribution >= 4 is 27.3 Å². The van der Waals surface area contributed by atoms with Crippen LogP contribution in [0.25, 0.3) is 0 Å². The molecule has 2 fully saturated rings. The van der Waals surface area contributed by atoms with Crippen molar-refractivity contribution in [2.24, 2.45) is 5.92 Å². The molecule has 1 aromatic rings. The Morgan fingerprint density at radius 3 is 2.73 bits per heavy atom. The van der Waals surface area contributed by atoms with E-state index in [2.05, 4.69) is 6.92 Å². The minimum Gasteiger partial charge on any atom is -0.341 e. The molecule has 2 aliphatic heterocycles. The van der Waals surface area contributed by atoms with Crippen LogP contribution >= 0.6 is 11.3 Å². The van der Waals surface area contributed by atoms with E-state index >= 15 is 0 Å². The third-order valence-corrected chi connectivity index (χ3v) is 7.80. The predicted octanol–water partition coefficient (Wildman–Crippen LogP) is 2.16. The second-order valence-corrected chi connectivity index (χ2v) is 9.30. The first-order chi connectivity index (χ1) is 10.5. The van der Waals surface area contributed by atoms with Crippen LogP contribution in [-0.2, 0) is 14.8 Å². The number of nitrogens with zero attached hydrogens (tertiary/aromatic N) is 2. The quantitative estimate of drug-likeness (QED) is 0.846. The predicted molar refractivity (Wildman–Crippen MR) is 86.2 cm³/mol. The third-order valence-electron chi connectivity index (χ3n) is 4.52. The molecule has 3 rings (SSSR count). The summed E-state index contributed by atoms with van der Waals surface area (Å²) in [6.07, 6.45) is 3.54. The number of hydrogen-bond donors (Lipinski definition) is 0. The summed E-state index contributed by atoms with van der Waals surface area (Å²) < 4.78 is 27.2. The van der Waals surface area contributed by atoms with E-state index in [-0.39, 0.29) is 5.91 Å². The number of hydrogen-bond acceptors (Lipinski definition) is 4. The number of carbonyl (C=O) groups excluding carboxylic acids is 1. The number of sulfonamides is 1. The van der Waals surface area contributed by atoms with Crippen molar-refractivity contribution in [3.05, 3.63) is 17.5 Å². The van der Waals surface area contributed by atoms with Crippen molar-refractivity contribution in [2.45, 2.75) is 42.9 Å². The van der Waals surface area contributed by atoms with E-state index in [0.29, 0.717) is 23.1 Å². The van der Waals surface area contributed by atoms with Gasteiger partial charge in [0.05, 0.1) is 0 Å². The number of carbonyl (C=O) groups is 1. The molecule has 0 spiro atoms. The van der Waals surface area contributed by atoms with Crippen molar-refractivity contribution < 1.29 is 13.2 Å². The molecule has 0 saturated carbocycles. The molecule has 2 aliphatic rings. The van der Waals surface area contributed by atoms with Crippen molar-refractivity contribution in [3.8, 4) is 0 Å². The monoisotopic (exact) mass is 342 g/mol. The van der Waals surface area contributed by atoms with Gasteiger partial charge < -0.3 is 4.90 Å². The largest absolute Gasteiger partial charge is 0.341 e. The molecule has 7 heteroatoms. The maximum absolute atomic E-state index is 12.8. The molecule has 0 unspecified atom stereocenters. The van der Waals surface area contributed by atoms with Crippen LogP contribution in [0.15, 0.2) is 21.7 Å². The maximum atomic E-state index is 12.8. The molecule has 0 bridgehead atoms. The SMILES string of the molecule is C[C@H]1CCCN(C(=O)[C@@H]2CCCN2S(=O)(=O)c2cccs2)C1. The fourth-order valence-corrected chi connectivity index (χ4v) is 6.17. The summed E-state index contributed by atoms with van der Waals surface area (Å²) in [5.41, 5.74) is 0. The summed E-state index contributed by atoms with van der Waals surface area (Å²) in [6.45, 7) is 4.10. The van der Waals surface area contributed by atoms with Gasteiger partial charge in [0.1, 0.15) is 10.3 Å². The Kier molecular flexibility index (Phi) is 4.56. The van der Waals surface area contributed by atoms with Crippen LogP contribution in [0.3, 0.4) is 0 Å². The second-order valence-electron chi connectivity index (χ2n) is 6.24. The summed E-state index contributed by atoms with van der Waals surface area (Å²) >= 11 is 1.21. The molecule has 1 amide bonds. The van der Waals surface area contributed by atoms with Gasteiger partial charge in [-0.1, -0.05) is 13.0 Å². The molecule has 0 aliphatic carbocycles. The third kappa shape index (κ3) is 2.94. The Hall–Kier alpha value is -0.920. The number of thiophene rings is 1. The van der Waals surface area contributed by atoms with Gasteiger partial charge in [-0.2, -0.15) is 4.31 Å². The molecule has 1 aromatic heterocycles. The van der Waals surface area contributed by atoms with E-state index in [1.54, 1.807) is 17.5 Å². The lowest BCUT2D eigenvalue weighted by molar-refractivity contribution is -0.136. The lowest BCUT2D eigenvalue weighted by Gasteiger charge is -2.34. The molecule has 22 heavy (non-hydrogen) atoms. The van der Waals surface area contributed by atoms with E-state index in [1.165, 1.54) is 15.6 Å². The molecule has 2 saturated heterocycles. The Morgan fingerprint density at radius 1 is 1.27 bits per heavy atom. The highest BCUT2D eigenvalue weighted by Crippen LogP contribution is 2.30. The number of rotatable bonds is 3. The van der Waals surface area contributed by atoms with Crippen LogP contribution in [-0.4, -0.2) is 49.2 Å². The van der Waals surface area contributed by atoms with Gasteiger partial charge in [0.15, 0.2) is 0 Å². The van der Waals surface area contributed by atoms with Crippen LogP contribution in [0.1, 0.15) is 32.6 Å². The van der Waals surface area contributed by atoms with Gasteiger partial charge in [-0.05, 0) is 43.0 Å². The van der Waals surface area contributed by atoms with Crippen LogP contribution in [0.4, 0.5) is 0 Å². The number of likely N-dealkylation sites (tertiary alicyclic amines) is 1. The highest BCUT2D eigenvalue weighted by Gasteiger charge is 2.41. The molecule has 3 heterocycles. The van der Waals surface area contributed by atoms with E-state index < -0.39 is 16.1 Å². The van der Waals surface area contributed by atoms with Crippen molar-refractivity contribution in [1.29, 1.82) is 0 Å². The normalized spacial score (nSPS) is 27.2. The first kappa shape index (κ1) is 16.0. The van der Waals surface area contributed by atoms with Crippen molar-refractivity contribution in [2.75, 3.05) is 19.6 Å². The summed E-state index contributed by atoms with van der Waals surface area (Å²) in [7, 11) is -3.54. The Balaban J connectivity index is 1.80. The summed E-state index contributed by atoms with van der Waals surface area (Å²) in [5.74, 6) is 0.491. The lowest BCUT2D eigenvalue weighted by atomic mass is 9.99. The zero-order valence-corrected chi connectivity index (χ0v) is 14.4. The molecule has 0 aromatic carbocycles. The van der Waals surface area contributed by atoms with E-state index in [1.807, 2.05) is 4.90 Å². The lowest BCUT2D eigenvalue weighted by Crippen LogP contribution is -2.50. The van der Waals surface area contributed by atoms with Gasteiger partial charge in [0.2, 0.25) is 5.91 Å². The summed E-state index contributed by atoms with van der Waals surface area (Å²) in [6, 6.07) is 2.83. The molecular weight excluding hydrogens is 320 g/mol. The smallest absolute Gasteiger partial charge is 0.253 e. The molecule has 0 radical (unpaired) electrons. The number of piperidine rings is 1. The minimum atomic E-state index is -3.54. The van der Waals surface area contributed by atoms with Crippen molar-refractivity contribution in [1.82, 2.24) is 9.21 Å². The molecule has 122 valence electrons. The van der Waals surface area contributed by atoms with Gasteiger partial charge in [0.25, 0.3) is 10.0 Å². The van der Waals surface area contributed by atoms with E-state index in [0.717, 1.165) is 32.4 Å². The average Bonchev–Trinajstić information content (AvgIpc) is 3.18. The van der Waals surface area contributed by atoms with Gasteiger partial charge in [-0.3, -0.25) is 4.79 Å². The molecule has 2 atom stereocenters. The van der Waals surface area contributed by atoms with Gasteiger partial charge >= 0.3 is 0 Å². The Bertz CT molecular complexity index is 627. The maximum Gasteiger partial charge on any atom is 0.253 e. The molecular formula is C15H22N2O3S2. The van der Waals surface area contributed by atoms with Crippen molar-refractivity contribution in [3.63, 3.8) is 0 Å². The fourth-order valence-electron chi connectivity index (χ4n) is 3.40. The zero-order valence-electron chi connectivity index (χ0n) is 12.8. The van der Waals surface area contributed by atoms with Crippen LogP contribution in [0.2, 0.25) is 0 Å².